The van der Waals surface area contributed by atoms with Gasteiger partial charge < -0.3 is 5.32 Å². The second-order valence-electron chi connectivity index (χ2n) is 4.31. The Morgan fingerprint density at radius 2 is 2.39 bits per heavy atom. The van der Waals surface area contributed by atoms with E-state index in [4.69, 9.17) is 0 Å². The largest absolute Gasteiger partial charge is 0.312 e. The summed E-state index contributed by atoms with van der Waals surface area (Å²) in [6, 6.07) is 0.385. The highest BCUT2D eigenvalue weighted by molar-refractivity contribution is 7.09. The summed E-state index contributed by atoms with van der Waals surface area (Å²) in [5.74, 6) is 0. The molecule has 2 aromatic heterocycles. The van der Waals surface area contributed by atoms with Crippen molar-refractivity contribution in [3.8, 4) is 0 Å². The van der Waals surface area contributed by atoms with E-state index in [1.165, 1.54) is 10.7 Å². The molecule has 18 heavy (non-hydrogen) atoms. The summed E-state index contributed by atoms with van der Waals surface area (Å²) in [6.07, 6.45) is 5.32. The summed E-state index contributed by atoms with van der Waals surface area (Å²) in [5, 5.41) is 10.9. The Balaban J connectivity index is 1.68. The maximum absolute atomic E-state index is 4.55. The molecule has 0 spiro atoms. The molecule has 2 rings (SSSR count). The number of aromatic nitrogens is 4. The quantitative estimate of drug-likeness (QED) is 0.824. The molecule has 0 aliphatic rings. The van der Waals surface area contributed by atoms with E-state index in [9.17, 15) is 0 Å². The predicted octanol–water partition coefficient (Wildman–Crippen LogP) is 1.52. The van der Waals surface area contributed by atoms with E-state index in [1.54, 1.807) is 24.0 Å². The van der Waals surface area contributed by atoms with Gasteiger partial charge >= 0.3 is 0 Å². The molecule has 0 saturated heterocycles. The second kappa shape index (κ2) is 6.61. The molecule has 0 amide bonds. The van der Waals surface area contributed by atoms with Crippen molar-refractivity contribution in [2.45, 2.75) is 39.3 Å². The van der Waals surface area contributed by atoms with Crippen molar-refractivity contribution in [2.24, 2.45) is 0 Å². The molecular formula is C12H19N5S. The zero-order chi connectivity index (χ0) is 12.8. The van der Waals surface area contributed by atoms with Crippen molar-refractivity contribution < 1.29 is 0 Å². The Hall–Kier alpha value is -1.27. The van der Waals surface area contributed by atoms with Crippen LogP contribution in [-0.4, -0.2) is 32.3 Å². The molecule has 1 atom stereocenters. The zero-order valence-electron chi connectivity index (χ0n) is 10.8. The van der Waals surface area contributed by atoms with Crippen molar-refractivity contribution in [2.75, 3.05) is 6.54 Å². The lowest BCUT2D eigenvalue weighted by Crippen LogP contribution is -2.32. The molecule has 2 heterocycles. The fraction of sp³-hybridized carbons (Fsp3) is 0.583. The van der Waals surface area contributed by atoms with Crippen molar-refractivity contribution in [1.29, 1.82) is 0 Å². The molecule has 2 aromatic rings. The Bertz CT molecular complexity index is 451. The van der Waals surface area contributed by atoms with Crippen LogP contribution in [0.15, 0.2) is 18.0 Å². The number of rotatable bonds is 7. The Morgan fingerprint density at radius 3 is 3.06 bits per heavy atom. The highest BCUT2D eigenvalue weighted by Crippen LogP contribution is 2.10. The van der Waals surface area contributed by atoms with Gasteiger partial charge in [-0.2, -0.15) is 5.10 Å². The average molecular weight is 265 g/mol. The van der Waals surface area contributed by atoms with Crippen molar-refractivity contribution >= 4 is 11.3 Å². The first-order valence-corrected chi connectivity index (χ1v) is 7.15. The van der Waals surface area contributed by atoms with Crippen LogP contribution in [0.5, 0.6) is 0 Å². The molecule has 0 radical (unpaired) electrons. The first-order valence-electron chi connectivity index (χ1n) is 6.27. The van der Waals surface area contributed by atoms with E-state index in [-0.39, 0.29) is 0 Å². The molecule has 0 bridgehead atoms. The Labute approximate surface area is 111 Å². The predicted molar refractivity (Wildman–Crippen MR) is 72.7 cm³/mol. The van der Waals surface area contributed by atoms with Crippen molar-refractivity contribution in [3.05, 3.63) is 28.7 Å². The van der Waals surface area contributed by atoms with Crippen LogP contribution in [0.4, 0.5) is 0 Å². The lowest BCUT2D eigenvalue weighted by molar-refractivity contribution is 0.453. The molecule has 6 heteroatoms. The molecule has 1 N–H and O–H groups in total. The third-order valence-electron chi connectivity index (χ3n) is 2.70. The fourth-order valence-electron chi connectivity index (χ4n) is 1.74. The van der Waals surface area contributed by atoms with Gasteiger partial charge in [-0.25, -0.2) is 9.97 Å². The van der Waals surface area contributed by atoms with E-state index in [1.807, 2.05) is 4.68 Å². The van der Waals surface area contributed by atoms with Crippen LogP contribution in [0.2, 0.25) is 0 Å². The molecule has 5 nitrogen and oxygen atoms in total. The van der Waals surface area contributed by atoms with E-state index in [0.717, 1.165) is 25.9 Å². The van der Waals surface area contributed by atoms with Gasteiger partial charge in [-0.05, 0) is 13.3 Å². The number of nitrogens with one attached hydrogen (secondary N) is 1. The minimum atomic E-state index is 0.385. The van der Waals surface area contributed by atoms with Gasteiger partial charge in [-0.1, -0.05) is 6.92 Å². The van der Waals surface area contributed by atoms with Gasteiger partial charge in [0, 0.05) is 24.4 Å². The topological polar surface area (TPSA) is 55.6 Å². The summed E-state index contributed by atoms with van der Waals surface area (Å²) >= 11 is 1.75. The van der Waals surface area contributed by atoms with Crippen molar-refractivity contribution in [1.82, 2.24) is 25.1 Å². The van der Waals surface area contributed by atoms with E-state index in [0.29, 0.717) is 6.04 Å². The monoisotopic (exact) mass is 265 g/mol. The summed E-state index contributed by atoms with van der Waals surface area (Å²) in [4.78, 5) is 8.48. The molecular weight excluding hydrogens is 246 g/mol. The van der Waals surface area contributed by atoms with Crippen LogP contribution < -0.4 is 5.32 Å². The van der Waals surface area contributed by atoms with Gasteiger partial charge in [0.05, 0.1) is 17.2 Å². The van der Waals surface area contributed by atoms with Gasteiger partial charge in [-0.15, -0.1) is 11.3 Å². The highest BCUT2D eigenvalue weighted by atomic mass is 32.1. The summed E-state index contributed by atoms with van der Waals surface area (Å²) in [6.45, 7) is 6.08. The minimum absolute atomic E-state index is 0.385. The van der Waals surface area contributed by atoms with Crippen LogP contribution in [0, 0.1) is 0 Å². The van der Waals surface area contributed by atoms with Crippen LogP contribution in [0.3, 0.4) is 0 Å². The van der Waals surface area contributed by atoms with Gasteiger partial charge in [0.2, 0.25) is 0 Å². The summed E-state index contributed by atoms with van der Waals surface area (Å²) < 4.78 is 1.84. The molecule has 0 aliphatic heterocycles. The molecule has 0 aliphatic carbocycles. The zero-order valence-corrected chi connectivity index (χ0v) is 11.7. The first-order chi connectivity index (χ1) is 8.78. The van der Waals surface area contributed by atoms with Crippen molar-refractivity contribution in [3.63, 3.8) is 0 Å². The number of thiazole rings is 1. The number of hydrogen-bond acceptors (Lipinski definition) is 5. The highest BCUT2D eigenvalue weighted by Gasteiger charge is 2.04. The average Bonchev–Trinajstić information content (AvgIpc) is 3.00. The standard InChI is InChI=1S/C12H19N5S/c1-3-12-16-11(7-18-12)4-5-14-10(2)6-17-9-13-8-15-17/h7-10,14H,3-6H2,1-2H3/t10-/m1/s1. The molecule has 98 valence electrons. The fourth-order valence-corrected chi connectivity index (χ4v) is 2.52. The Kier molecular flexibility index (Phi) is 4.83. The number of aryl methyl sites for hydroxylation is 1. The van der Waals surface area contributed by atoms with Crippen LogP contribution in [-0.2, 0) is 19.4 Å². The van der Waals surface area contributed by atoms with E-state index < -0.39 is 0 Å². The van der Waals surface area contributed by atoms with E-state index in [2.05, 4.69) is 39.6 Å². The minimum Gasteiger partial charge on any atom is -0.312 e. The second-order valence-corrected chi connectivity index (χ2v) is 5.25. The first kappa shape index (κ1) is 13.2. The van der Waals surface area contributed by atoms with Gasteiger partial charge in [0.25, 0.3) is 0 Å². The molecule has 0 saturated carbocycles. The summed E-state index contributed by atoms with van der Waals surface area (Å²) in [5.41, 5.74) is 1.19. The normalized spacial score (nSPS) is 12.8. The number of hydrogen-bond donors (Lipinski definition) is 1. The van der Waals surface area contributed by atoms with Crippen LogP contribution >= 0.6 is 11.3 Å². The van der Waals surface area contributed by atoms with Gasteiger partial charge in [-0.3, -0.25) is 4.68 Å². The molecule has 0 unspecified atom stereocenters. The summed E-state index contributed by atoms with van der Waals surface area (Å²) in [7, 11) is 0. The van der Waals surface area contributed by atoms with Crippen LogP contribution in [0.1, 0.15) is 24.5 Å². The van der Waals surface area contributed by atoms with E-state index >= 15 is 0 Å². The third-order valence-corrected chi connectivity index (χ3v) is 3.75. The lowest BCUT2D eigenvalue weighted by atomic mass is 10.3. The molecule has 0 fully saturated rings. The third kappa shape index (κ3) is 3.89. The Morgan fingerprint density at radius 1 is 1.50 bits per heavy atom. The van der Waals surface area contributed by atoms with Gasteiger partial charge in [0.15, 0.2) is 0 Å². The van der Waals surface area contributed by atoms with Crippen LogP contribution in [0.25, 0.3) is 0 Å². The maximum atomic E-state index is 4.55. The van der Waals surface area contributed by atoms with Gasteiger partial charge in [0.1, 0.15) is 12.7 Å². The number of nitrogens with zero attached hydrogens (tertiary/aromatic N) is 4. The molecule has 0 aromatic carbocycles. The SMILES string of the molecule is CCc1nc(CCN[C@H](C)Cn2cncn2)cs1. The smallest absolute Gasteiger partial charge is 0.137 e. The lowest BCUT2D eigenvalue weighted by Gasteiger charge is -2.12. The maximum Gasteiger partial charge on any atom is 0.137 e.